The van der Waals surface area contributed by atoms with Crippen LogP contribution in [-0.2, 0) is 19.1 Å². The van der Waals surface area contributed by atoms with E-state index in [1.807, 2.05) is 18.2 Å². The van der Waals surface area contributed by atoms with Gasteiger partial charge < -0.3 is 15.0 Å². The van der Waals surface area contributed by atoms with Crippen molar-refractivity contribution in [3.63, 3.8) is 0 Å². The van der Waals surface area contributed by atoms with Gasteiger partial charge in [0, 0.05) is 24.3 Å². The van der Waals surface area contributed by atoms with E-state index >= 15 is 0 Å². The van der Waals surface area contributed by atoms with Crippen LogP contribution in [0.1, 0.15) is 16.7 Å². The second-order valence-electron chi connectivity index (χ2n) is 5.89. The normalized spacial score (nSPS) is 14.0. The minimum atomic E-state index is -4.58. The molecule has 0 atom stereocenters. The molecule has 138 valence electrons. The van der Waals surface area contributed by atoms with Gasteiger partial charge in [0.1, 0.15) is 5.75 Å². The van der Waals surface area contributed by atoms with Gasteiger partial charge in [-0.1, -0.05) is 23.7 Å². The van der Waals surface area contributed by atoms with E-state index in [1.54, 1.807) is 12.0 Å². The Bertz CT molecular complexity index is 840. The largest absolute Gasteiger partial charge is 0.496 e. The van der Waals surface area contributed by atoms with Crippen LogP contribution < -0.4 is 10.1 Å². The zero-order valence-corrected chi connectivity index (χ0v) is 14.6. The van der Waals surface area contributed by atoms with Crippen molar-refractivity contribution in [1.29, 1.82) is 0 Å². The van der Waals surface area contributed by atoms with Gasteiger partial charge in [0.05, 0.1) is 17.7 Å². The van der Waals surface area contributed by atoms with Crippen LogP contribution in [0.2, 0.25) is 5.02 Å². The highest BCUT2D eigenvalue weighted by atomic mass is 35.5. The summed E-state index contributed by atoms with van der Waals surface area (Å²) in [7, 11) is 1.59. The van der Waals surface area contributed by atoms with Crippen LogP contribution in [0.3, 0.4) is 0 Å². The summed E-state index contributed by atoms with van der Waals surface area (Å²) < 4.78 is 44.1. The molecule has 1 aliphatic rings. The minimum Gasteiger partial charge on any atom is -0.496 e. The maximum Gasteiger partial charge on any atom is 0.417 e. The van der Waals surface area contributed by atoms with Crippen LogP contribution >= 0.6 is 11.6 Å². The van der Waals surface area contributed by atoms with Gasteiger partial charge in [0.15, 0.2) is 0 Å². The van der Waals surface area contributed by atoms with E-state index in [9.17, 15) is 18.0 Å². The third-order valence-electron chi connectivity index (χ3n) is 4.25. The quantitative estimate of drug-likeness (QED) is 0.795. The highest BCUT2D eigenvalue weighted by molar-refractivity contribution is 6.31. The smallest absolute Gasteiger partial charge is 0.417 e. The molecule has 0 bridgehead atoms. The van der Waals surface area contributed by atoms with Gasteiger partial charge in [-0.3, -0.25) is 0 Å². The van der Waals surface area contributed by atoms with E-state index in [2.05, 4.69) is 5.32 Å². The summed E-state index contributed by atoms with van der Waals surface area (Å²) in [5.41, 5.74) is 1.07. The first-order valence-corrected chi connectivity index (χ1v) is 8.25. The van der Waals surface area contributed by atoms with Crippen LogP contribution in [-0.4, -0.2) is 24.6 Å². The fraction of sp³-hybridized carbons (Fsp3) is 0.278. The Morgan fingerprint density at radius 3 is 2.73 bits per heavy atom. The van der Waals surface area contributed by atoms with Gasteiger partial charge in [-0.05, 0) is 36.2 Å². The number of halogens is 4. The molecule has 0 aromatic heterocycles. The molecule has 1 N–H and O–H groups in total. The molecule has 0 saturated carbocycles. The van der Waals surface area contributed by atoms with Gasteiger partial charge in [-0.2, -0.15) is 13.2 Å². The number of nitrogens with zero attached hydrogens (tertiary/aromatic N) is 1. The Morgan fingerprint density at radius 1 is 1.27 bits per heavy atom. The highest BCUT2D eigenvalue weighted by Crippen LogP contribution is 2.36. The molecular formula is C18H16ClF3N2O2. The van der Waals surface area contributed by atoms with Crippen molar-refractivity contribution in [2.24, 2.45) is 0 Å². The molecule has 2 aromatic rings. The molecule has 3 rings (SSSR count). The number of urea groups is 1. The number of anilines is 1. The second-order valence-corrected chi connectivity index (χ2v) is 6.30. The maximum atomic E-state index is 12.9. The number of benzene rings is 2. The summed E-state index contributed by atoms with van der Waals surface area (Å²) in [5.74, 6) is 0.773. The zero-order chi connectivity index (χ0) is 18.9. The lowest BCUT2D eigenvalue weighted by molar-refractivity contribution is -0.137. The summed E-state index contributed by atoms with van der Waals surface area (Å²) in [4.78, 5) is 14.0. The number of ether oxygens (including phenoxy) is 1. The van der Waals surface area contributed by atoms with Gasteiger partial charge in [-0.25, -0.2) is 4.79 Å². The predicted molar refractivity (Wildman–Crippen MR) is 92.6 cm³/mol. The first kappa shape index (κ1) is 18.4. The van der Waals surface area contributed by atoms with Gasteiger partial charge >= 0.3 is 12.2 Å². The number of amides is 2. The third kappa shape index (κ3) is 3.72. The van der Waals surface area contributed by atoms with Crippen molar-refractivity contribution in [3.05, 3.63) is 58.1 Å². The SMILES string of the molecule is COc1cccc2c1CCN(C(=O)Nc1ccc(Cl)c(C(F)(F)F)c1)C2. The van der Waals surface area contributed by atoms with E-state index in [0.29, 0.717) is 19.5 Å². The Kier molecular flexibility index (Phi) is 5.00. The van der Waals surface area contributed by atoms with Crippen molar-refractivity contribution in [2.45, 2.75) is 19.1 Å². The maximum absolute atomic E-state index is 12.9. The molecule has 0 saturated heterocycles. The number of alkyl halides is 3. The topological polar surface area (TPSA) is 41.6 Å². The number of hydrogen-bond acceptors (Lipinski definition) is 2. The van der Waals surface area contributed by atoms with Crippen LogP contribution in [0.4, 0.5) is 23.7 Å². The van der Waals surface area contributed by atoms with Crippen molar-refractivity contribution >= 4 is 23.3 Å². The van der Waals surface area contributed by atoms with E-state index < -0.39 is 22.8 Å². The molecule has 1 aliphatic heterocycles. The van der Waals surface area contributed by atoms with Crippen LogP contribution in [0.5, 0.6) is 5.75 Å². The standard InChI is InChI=1S/C18H16ClF3N2O2/c1-26-16-4-2-3-11-10-24(8-7-13(11)16)17(25)23-12-5-6-15(19)14(9-12)18(20,21)22/h2-6,9H,7-8,10H2,1H3,(H,23,25). The molecule has 26 heavy (non-hydrogen) atoms. The van der Waals surface area contributed by atoms with Gasteiger partial charge in [0.2, 0.25) is 0 Å². The summed E-state index contributed by atoms with van der Waals surface area (Å²) in [6, 6.07) is 8.44. The lowest BCUT2D eigenvalue weighted by Gasteiger charge is -2.30. The number of rotatable bonds is 2. The average Bonchev–Trinajstić information content (AvgIpc) is 2.61. The molecule has 0 unspecified atom stereocenters. The molecule has 0 radical (unpaired) electrons. The molecule has 0 fully saturated rings. The number of carbonyl (C=O) groups is 1. The van der Waals surface area contributed by atoms with E-state index in [0.717, 1.165) is 29.0 Å². The molecular weight excluding hydrogens is 369 g/mol. The number of fused-ring (bicyclic) bond motifs is 1. The Labute approximate surface area is 153 Å². The van der Waals surface area contributed by atoms with Crippen molar-refractivity contribution in [2.75, 3.05) is 19.0 Å². The first-order chi connectivity index (χ1) is 12.3. The fourth-order valence-electron chi connectivity index (χ4n) is 2.96. The molecule has 0 aliphatic carbocycles. The summed E-state index contributed by atoms with van der Waals surface area (Å²) in [6.45, 7) is 0.803. The Balaban J connectivity index is 1.75. The first-order valence-electron chi connectivity index (χ1n) is 7.87. The molecule has 2 amide bonds. The lowest BCUT2D eigenvalue weighted by atomic mass is 9.99. The highest BCUT2D eigenvalue weighted by Gasteiger charge is 2.33. The Morgan fingerprint density at radius 2 is 2.04 bits per heavy atom. The van der Waals surface area contributed by atoms with E-state index in [4.69, 9.17) is 16.3 Å². The summed E-state index contributed by atoms with van der Waals surface area (Å²) in [6.07, 6.45) is -3.97. The predicted octanol–water partition coefficient (Wildman–Crippen LogP) is 4.96. The fourth-order valence-corrected chi connectivity index (χ4v) is 3.19. The number of methoxy groups -OCH3 is 1. The molecule has 0 spiro atoms. The lowest BCUT2D eigenvalue weighted by Crippen LogP contribution is -2.39. The minimum absolute atomic E-state index is 0.0446. The number of nitrogens with one attached hydrogen (secondary N) is 1. The van der Waals surface area contributed by atoms with E-state index in [1.165, 1.54) is 6.07 Å². The van der Waals surface area contributed by atoms with Crippen molar-refractivity contribution < 1.29 is 22.7 Å². The van der Waals surface area contributed by atoms with Crippen LogP contribution in [0.15, 0.2) is 36.4 Å². The number of hydrogen-bond donors (Lipinski definition) is 1. The molecule has 2 aromatic carbocycles. The average molecular weight is 385 g/mol. The molecule has 1 heterocycles. The van der Waals surface area contributed by atoms with Crippen LogP contribution in [0, 0.1) is 0 Å². The summed E-state index contributed by atoms with van der Waals surface area (Å²) in [5, 5.41) is 2.10. The van der Waals surface area contributed by atoms with Crippen LogP contribution in [0.25, 0.3) is 0 Å². The second kappa shape index (κ2) is 7.07. The number of carbonyl (C=O) groups excluding carboxylic acids is 1. The molecule has 4 nitrogen and oxygen atoms in total. The van der Waals surface area contributed by atoms with Gasteiger partial charge in [0.25, 0.3) is 0 Å². The molecule has 8 heteroatoms. The zero-order valence-electron chi connectivity index (χ0n) is 13.9. The Hall–Kier alpha value is -2.41. The van der Waals surface area contributed by atoms with Crippen molar-refractivity contribution in [3.8, 4) is 5.75 Å². The van der Waals surface area contributed by atoms with E-state index in [-0.39, 0.29) is 5.69 Å². The van der Waals surface area contributed by atoms with Gasteiger partial charge in [-0.15, -0.1) is 0 Å². The van der Waals surface area contributed by atoms with Crippen molar-refractivity contribution in [1.82, 2.24) is 4.90 Å². The monoisotopic (exact) mass is 384 g/mol. The summed E-state index contributed by atoms with van der Waals surface area (Å²) >= 11 is 5.60. The third-order valence-corrected chi connectivity index (χ3v) is 4.58.